The number of aromatic nitrogens is 3. The first-order valence-electron chi connectivity index (χ1n) is 8.39. The summed E-state index contributed by atoms with van der Waals surface area (Å²) in [5, 5.41) is 0.0240. The Kier molecular flexibility index (Phi) is 4.70. The maximum Gasteiger partial charge on any atom is 0.332 e. The normalized spacial score (nSPS) is 13.9. The van der Waals surface area contributed by atoms with Crippen molar-refractivity contribution in [3.63, 3.8) is 0 Å². The Balaban J connectivity index is 2.46. The van der Waals surface area contributed by atoms with E-state index in [9.17, 15) is 19.2 Å². The van der Waals surface area contributed by atoms with Crippen LogP contribution in [0.2, 0.25) is 0 Å². The Labute approximate surface area is 153 Å². The first-order valence-corrected chi connectivity index (χ1v) is 9.38. The van der Waals surface area contributed by atoms with Crippen molar-refractivity contribution in [2.75, 3.05) is 5.75 Å². The lowest BCUT2D eigenvalue weighted by atomic mass is 9.90. The Hall–Kier alpha value is -2.48. The quantitative estimate of drug-likeness (QED) is 0.808. The van der Waals surface area contributed by atoms with Crippen molar-refractivity contribution in [2.24, 2.45) is 14.1 Å². The molecule has 7 nitrogen and oxygen atoms in total. The smallest absolute Gasteiger partial charge is 0.289 e. The minimum atomic E-state index is -0.617. The molecule has 2 heterocycles. The number of pyridine rings is 1. The highest BCUT2D eigenvalue weighted by Gasteiger charge is 2.33. The summed E-state index contributed by atoms with van der Waals surface area (Å²) in [5.74, 6) is 0.0510. The van der Waals surface area contributed by atoms with Gasteiger partial charge < -0.3 is 0 Å². The molecule has 0 bridgehead atoms. The predicted octanol–water partition coefficient (Wildman–Crippen LogP) is 1.60. The Morgan fingerprint density at radius 1 is 1.04 bits per heavy atom. The second-order valence-electron chi connectivity index (χ2n) is 6.12. The zero-order valence-corrected chi connectivity index (χ0v) is 15.9. The predicted molar refractivity (Wildman–Crippen MR) is 101 cm³/mol. The third-order valence-corrected chi connectivity index (χ3v) is 5.65. The van der Waals surface area contributed by atoms with E-state index in [-0.39, 0.29) is 27.9 Å². The van der Waals surface area contributed by atoms with E-state index in [1.54, 1.807) is 0 Å². The second-order valence-corrected chi connectivity index (χ2v) is 7.25. The fraction of sp³-hybridized carbons (Fsp3) is 0.389. The topological polar surface area (TPSA) is 91.0 Å². The van der Waals surface area contributed by atoms with Crippen LogP contribution in [0.4, 0.5) is 0 Å². The summed E-state index contributed by atoms with van der Waals surface area (Å²) < 4.78 is 2.16. The van der Waals surface area contributed by atoms with Gasteiger partial charge in [0.15, 0.2) is 5.78 Å². The van der Waals surface area contributed by atoms with E-state index in [1.807, 2.05) is 13.8 Å². The molecule has 2 aromatic heterocycles. The number of allylic oxidation sites excluding steroid dienone is 2. The first kappa shape index (κ1) is 18.3. The number of rotatable bonds is 4. The largest absolute Gasteiger partial charge is 0.332 e. The number of carbonyl (C=O) groups is 2. The Morgan fingerprint density at radius 2 is 1.73 bits per heavy atom. The van der Waals surface area contributed by atoms with Crippen molar-refractivity contribution in [2.45, 2.75) is 26.7 Å². The van der Waals surface area contributed by atoms with E-state index in [1.165, 1.54) is 36.5 Å². The number of Topliss-reactive ketones (excluding diaryl/α,β-unsaturated/α-hetero) is 1. The summed E-state index contributed by atoms with van der Waals surface area (Å²) in [5.41, 5.74) is -0.324. The number of hydrogen-bond acceptors (Lipinski definition) is 6. The lowest BCUT2D eigenvalue weighted by Gasteiger charge is -2.20. The molecule has 2 aromatic rings. The summed E-state index contributed by atoms with van der Waals surface area (Å²) in [4.78, 5) is 55.5. The molecular weight excluding hydrogens is 354 g/mol. The minimum Gasteiger partial charge on any atom is -0.289 e. The van der Waals surface area contributed by atoms with E-state index in [4.69, 9.17) is 0 Å². The molecule has 1 aliphatic rings. The van der Waals surface area contributed by atoms with Crippen molar-refractivity contribution in [3.8, 4) is 0 Å². The van der Waals surface area contributed by atoms with E-state index < -0.39 is 17.0 Å². The van der Waals surface area contributed by atoms with Crippen LogP contribution in [0.25, 0.3) is 11.0 Å². The van der Waals surface area contributed by atoms with Crippen LogP contribution >= 0.6 is 11.8 Å². The molecule has 0 unspecified atom stereocenters. The third kappa shape index (κ3) is 2.56. The van der Waals surface area contributed by atoms with Gasteiger partial charge in [0, 0.05) is 20.2 Å². The monoisotopic (exact) mass is 373 g/mol. The molecule has 0 N–H and O–H groups in total. The zero-order chi connectivity index (χ0) is 19.2. The van der Waals surface area contributed by atoms with E-state index in [2.05, 4.69) is 4.98 Å². The summed E-state index contributed by atoms with van der Waals surface area (Å²) >= 11 is 1.33. The molecule has 8 heteroatoms. The van der Waals surface area contributed by atoms with Gasteiger partial charge in [0.1, 0.15) is 5.65 Å². The van der Waals surface area contributed by atoms with E-state index >= 15 is 0 Å². The van der Waals surface area contributed by atoms with Gasteiger partial charge in [0.05, 0.1) is 27.1 Å². The Bertz CT molecular complexity index is 1110. The molecule has 0 saturated carbocycles. The van der Waals surface area contributed by atoms with Crippen molar-refractivity contribution >= 4 is 34.4 Å². The molecule has 1 aliphatic carbocycles. The molecule has 0 amide bonds. The van der Waals surface area contributed by atoms with Crippen LogP contribution in [0.1, 0.15) is 46.7 Å². The van der Waals surface area contributed by atoms with Crippen LogP contribution in [-0.2, 0) is 20.5 Å². The van der Waals surface area contributed by atoms with Crippen LogP contribution in [0.15, 0.2) is 20.6 Å². The van der Waals surface area contributed by atoms with Crippen molar-refractivity contribution in [1.29, 1.82) is 0 Å². The fourth-order valence-electron chi connectivity index (χ4n) is 3.08. The molecule has 0 atom stereocenters. The van der Waals surface area contributed by atoms with Crippen molar-refractivity contribution < 1.29 is 9.59 Å². The summed E-state index contributed by atoms with van der Waals surface area (Å²) in [6.07, 6.45) is 2.58. The SMILES string of the molecule is CCCSC1=CC(=O)c2c(c(CC)nc3c2c(=O)n(C)c(=O)n3C)C1=O. The summed E-state index contributed by atoms with van der Waals surface area (Å²) in [6.45, 7) is 3.82. The van der Waals surface area contributed by atoms with Crippen molar-refractivity contribution in [3.05, 3.63) is 48.6 Å². The highest BCUT2D eigenvalue weighted by Crippen LogP contribution is 2.33. The maximum atomic E-state index is 13.0. The van der Waals surface area contributed by atoms with Gasteiger partial charge in [0.2, 0.25) is 5.78 Å². The van der Waals surface area contributed by atoms with Gasteiger partial charge in [-0.25, -0.2) is 9.78 Å². The average Bonchev–Trinajstić information content (AvgIpc) is 2.64. The summed E-state index contributed by atoms with van der Waals surface area (Å²) in [7, 11) is 2.84. The number of aryl methyl sites for hydroxylation is 2. The first-order chi connectivity index (χ1) is 12.3. The Morgan fingerprint density at radius 3 is 2.35 bits per heavy atom. The van der Waals surface area contributed by atoms with Crippen LogP contribution in [-0.4, -0.2) is 31.4 Å². The van der Waals surface area contributed by atoms with Crippen LogP contribution in [0.5, 0.6) is 0 Å². The molecule has 0 spiro atoms. The molecule has 3 rings (SSSR count). The molecule has 136 valence electrons. The lowest BCUT2D eigenvalue weighted by Crippen LogP contribution is -2.39. The van der Waals surface area contributed by atoms with E-state index in [0.717, 1.165) is 16.7 Å². The van der Waals surface area contributed by atoms with Gasteiger partial charge in [-0.15, -0.1) is 11.8 Å². The molecule has 0 radical (unpaired) electrons. The highest BCUT2D eigenvalue weighted by molar-refractivity contribution is 8.04. The van der Waals surface area contributed by atoms with Crippen LogP contribution < -0.4 is 11.2 Å². The maximum absolute atomic E-state index is 13.0. The second kappa shape index (κ2) is 6.68. The number of fused-ring (bicyclic) bond motifs is 3. The van der Waals surface area contributed by atoms with Crippen LogP contribution in [0.3, 0.4) is 0 Å². The van der Waals surface area contributed by atoms with Gasteiger partial charge >= 0.3 is 5.69 Å². The van der Waals surface area contributed by atoms with Gasteiger partial charge in [0.25, 0.3) is 5.56 Å². The molecule has 26 heavy (non-hydrogen) atoms. The number of ketones is 2. The van der Waals surface area contributed by atoms with Gasteiger partial charge in [-0.2, -0.15) is 0 Å². The standard InChI is InChI=1S/C18H19N3O4S/c1-5-7-26-11-8-10(22)13-12(15(11)23)9(6-2)19-16-14(13)17(24)21(4)18(25)20(16)3/h8H,5-7H2,1-4H3. The number of thioether (sulfide) groups is 1. The van der Waals surface area contributed by atoms with Crippen molar-refractivity contribution in [1.82, 2.24) is 14.1 Å². The zero-order valence-electron chi connectivity index (χ0n) is 15.1. The minimum absolute atomic E-state index is 0.0240. The summed E-state index contributed by atoms with van der Waals surface area (Å²) in [6, 6.07) is 0. The highest BCUT2D eigenvalue weighted by atomic mass is 32.2. The fourth-order valence-corrected chi connectivity index (χ4v) is 3.93. The molecule has 0 saturated heterocycles. The molecule has 0 fully saturated rings. The number of carbonyl (C=O) groups excluding carboxylic acids is 2. The lowest BCUT2D eigenvalue weighted by molar-refractivity contribution is 0.0991. The number of hydrogen-bond donors (Lipinski definition) is 0. The van der Waals surface area contributed by atoms with E-state index in [0.29, 0.717) is 17.0 Å². The van der Waals surface area contributed by atoms with Gasteiger partial charge in [-0.3, -0.25) is 23.5 Å². The van der Waals surface area contributed by atoms with Crippen LogP contribution in [0, 0.1) is 0 Å². The molecule has 0 aromatic carbocycles. The molecule has 0 aliphatic heterocycles. The van der Waals surface area contributed by atoms with Gasteiger partial charge in [-0.1, -0.05) is 13.8 Å². The third-order valence-electron chi connectivity index (χ3n) is 4.42. The number of nitrogens with zero attached hydrogens (tertiary/aromatic N) is 3. The molecular formula is C18H19N3O4S. The van der Waals surface area contributed by atoms with Gasteiger partial charge in [-0.05, 0) is 18.6 Å². The average molecular weight is 373 g/mol.